The number of carbonyl (C=O) groups is 1. The summed E-state index contributed by atoms with van der Waals surface area (Å²) < 4.78 is 20.5. The van der Waals surface area contributed by atoms with Crippen LogP contribution >= 0.6 is 0 Å². The molecule has 1 amide bonds. The normalized spacial score (nSPS) is 13.7. The summed E-state index contributed by atoms with van der Waals surface area (Å²) >= 11 is 0. The average Bonchev–Trinajstić information content (AvgIpc) is 3.80. The number of pyridine rings is 3. The lowest BCUT2D eigenvalue weighted by Gasteiger charge is -2.12. The number of amides is 1. The van der Waals surface area contributed by atoms with Crippen LogP contribution in [0.3, 0.4) is 0 Å². The summed E-state index contributed by atoms with van der Waals surface area (Å²) in [5, 5.41) is 11.5. The van der Waals surface area contributed by atoms with Gasteiger partial charge in [-0.3, -0.25) is 14.9 Å². The van der Waals surface area contributed by atoms with Crippen molar-refractivity contribution in [2.75, 3.05) is 32.6 Å². The lowest BCUT2D eigenvalue weighted by atomic mass is 10.0. The molecule has 5 heterocycles. The van der Waals surface area contributed by atoms with E-state index in [2.05, 4.69) is 30.5 Å². The van der Waals surface area contributed by atoms with Crippen molar-refractivity contribution in [3.05, 3.63) is 72.9 Å². The van der Waals surface area contributed by atoms with E-state index in [4.69, 9.17) is 9.72 Å². The molecule has 0 atom stereocenters. The van der Waals surface area contributed by atoms with Gasteiger partial charge in [0, 0.05) is 41.9 Å². The van der Waals surface area contributed by atoms with Gasteiger partial charge < -0.3 is 19.9 Å². The highest BCUT2D eigenvalue weighted by Gasteiger charge is 2.23. The largest absolute Gasteiger partial charge is 0.492 e. The van der Waals surface area contributed by atoms with Crippen LogP contribution in [0.4, 0.5) is 10.1 Å². The molecule has 1 aromatic carbocycles. The number of benzene rings is 1. The van der Waals surface area contributed by atoms with Crippen LogP contribution in [0.5, 0.6) is 5.75 Å². The molecule has 5 aromatic heterocycles. The van der Waals surface area contributed by atoms with Crippen molar-refractivity contribution in [3.63, 3.8) is 0 Å². The predicted octanol–water partition coefficient (Wildman–Crippen LogP) is 6.44. The van der Waals surface area contributed by atoms with E-state index in [0.717, 1.165) is 60.0 Å². The third-order valence-corrected chi connectivity index (χ3v) is 8.21. The first-order valence-electron chi connectivity index (χ1n) is 15.1. The molecule has 1 saturated carbocycles. The van der Waals surface area contributed by atoms with Gasteiger partial charge in [0.05, 0.1) is 28.8 Å². The van der Waals surface area contributed by atoms with Gasteiger partial charge >= 0.3 is 0 Å². The Morgan fingerprint density at radius 2 is 1.93 bits per heavy atom. The summed E-state index contributed by atoms with van der Waals surface area (Å²) in [4.78, 5) is 31.9. The Morgan fingerprint density at radius 3 is 2.78 bits per heavy atom. The van der Waals surface area contributed by atoms with Crippen LogP contribution in [0.2, 0.25) is 0 Å². The van der Waals surface area contributed by atoms with Crippen LogP contribution in [0.15, 0.2) is 67.1 Å². The molecular weight excluding hydrogens is 571 g/mol. The molecule has 0 saturated heterocycles. The maximum atomic E-state index is 14.7. The first-order valence-corrected chi connectivity index (χ1v) is 15.1. The number of carbonyl (C=O) groups excluding carboxylic acids is 1. The molecule has 0 aliphatic heterocycles. The first kappa shape index (κ1) is 28.6. The number of aromatic amines is 2. The molecule has 3 N–H and O–H groups in total. The van der Waals surface area contributed by atoms with Gasteiger partial charge in [-0.25, -0.2) is 14.4 Å². The Labute approximate surface area is 259 Å². The Balaban J connectivity index is 1.20. The van der Waals surface area contributed by atoms with E-state index in [1.54, 1.807) is 18.6 Å². The van der Waals surface area contributed by atoms with Gasteiger partial charge in [-0.15, -0.1) is 0 Å². The Kier molecular flexibility index (Phi) is 7.68. The van der Waals surface area contributed by atoms with Gasteiger partial charge in [-0.05, 0) is 80.5 Å². The smallest absolute Gasteiger partial charge is 0.227 e. The fourth-order valence-corrected chi connectivity index (χ4v) is 5.88. The van der Waals surface area contributed by atoms with Crippen LogP contribution in [0.25, 0.3) is 55.8 Å². The summed E-state index contributed by atoms with van der Waals surface area (Å²) in [7, 11) is 3.93. The summed E-state index contributed by atoms with van der Waals surface area (Å²) in [6.07, 6.45) is 9.14. The highest BCUT2D eigenvalue weighted by atomic mass is 19.1. The maximum Gasteiger partial charge on any atom is 0.227 e. The van der Waals surface area contributed by atoms with Crippen molar-refractivity contribution in [2.24, 2.45) is 5.92 Å². The van der Waals surface area contributed by atoms with E-state index < -0.39 is 0 Å². The molecular formula is C34H33FN8O2. The third kappa shape index (κ3) is 5.99. The van der Waals surface area contributed by atoms with Crippen LogP contribution < -0.4 is 10.1 Å². The van der Waals surface area contributed by atoms with E-state index >= 15 is 0 Å². The van der Waals surface area contributed by atoms with Gasteiger partial charge in [0.25, 0.3) is 0 Å². The first-order chi connectivity index (χ1) is 21.9. The van der Waals surface area contributed by atoms with Crippen LogP contribution in [0, 0.1) is 11.7 Å². The Hall–Kier alpha value is -5.16. The second-order valence-corrected chi connectivity index (χ2v) is 11.7. The number of anilines is 1. The van der Waals surface area contributed by atoms with Crippen molar-refractivity contribution >= 4 is 33.7 Å². The number of fused-ring (bicyclic) bond motifs is 2. The van der Waals surface area contributed by atoms with E-state index in [9.17, 15) is 9.18 Å². The fraction of sp³-hybridized carbons (Fsp3) is 0.265. The Morgan fingerprint density at radius 1 is 1.07 bits per heavy atom. The summed E-state index contributed by atoms with van der Waals surface area (Å²) in [6, 6.07) is 14.3. The lowest BCUT2D eigenvalue weighted by Crippen LogP contribution is -2.20. The van der Waals surface area contributed by atoms with Gasteiger partial charge in [0.15, 0.2) is 0 Å². The van der Waals surface area contributed by atoms with Crippen LogP contribution in [0.1, 0.15) is 25.7 Å². The number of hydrogen-bond acceptors (Lipinski definition) is 7. The van der Waals surface area contributed by atoms with E-state index in [-0.39, 0.29) is 17.6 Å². The minimum atomic E-state index is -0.375. The minimum absolute atomic E-state index is 0.0464. The van der Waals surface area contributed by atoms with Crippen molar-refractivity contribution in [1.29, 1.82) is 0 Å². The monoisotopic (exact) mass is 604 g/mol. The molecule has 1 aliphatic rings. The van der Waals surface area contributed by atoms with E-state index in [1.807, 2.05) is 55.4 Å². The molecule has 7 rings (SSSR count). The molecule has 45 heavy (non-hydrogen) atoms. The molecule has 1 aliphatic carbocycles. The van der Waals surface area contributed by atoms with Gasteiger partial charge in [0.2, 0.25) is 5.91 Å². The third-order valence-electron chi connectivity index (χ3n) is 8.21. The number of nitrogens with zero attached hydrogens (tertiary/aromatic N) is 5. The fourth-order valence-electron chi connectivity index (χ4n) is 5.88. The molecule has 1 fully saturated rings. The second kappa shape index (κ2) is 12.1. The summed E-state index contributed by atoms with van der Waals surface area (Å²) in [5.74, 6) is 0.205. The lowest BCUT2D eigenvalue weighted by molar-refractivity contribution is -0.119. The number of ether oxygens (including phenoxy) is 1. The quantitative estimate of drug-likeness (QED) is 0.174. The molecule has 11 heteroatoms. The van der Waals surface area contributed by atoms with Gasteiger partial charge in [-0.1, -0.05) is 12.8 Å². The highest BCUT2D eigenvalue weighted by Crippen LogP contribution is 2.35. The molecule has 0 unspecified atom stereocenters. The zero-order valence-corrected chi connectivity index (χ0v) is 25.1. The zero-order chi connectivity index (χ0) is 30.9. The van der Waals surface area contributed by atoms with Crippen molar-refractivity contribution in [3.8, 4) is 39.5 Å². The standard InChI is InChI=1S/C34H33FN8O2/c1-43(2)11-12-45-25-15-21(13-23(35)16-25)26-9-10-37-33-27(26)17-30(40-33)32-31-29(41-42-32)8-7-28(39-31)22-14-24(19-36-18-22)38-34(44)20-5-3-4-6-20/h7-10,13-20H,3-6,11-12H2,1-2H3,(H,37,40)(H,38,44)(H,41,42). The molecule has 0 radical (unpaired) electrons. The molecule has 6 aromatic rings. The molecule has 10 nitrogen and oxygen atoms in total. The molecule has 228 valence electrons. The number of nitrogens with one attached hydrogen (secondary N) is 3. The number of H-pyrrole nitrogens is 2. The SMILES string of the molecule is CN(C)CCOc1cc(F)cc(-c2ccnc3[nH]c(-c4n[nH]c5ccc(-c6cncc(NC(=O)C7CCCC7)c6)nc45)cc23)c1. The Bertz CT molecular complexity index is 2010. The van der Waals surface area contributed by atoms with Crippen LogP contribution in [-0.2, 0) is 4.79 Å². The number of likely N-dealkylation sites (N-methyl/N-ethyl adjacent to an activating group) is 1. The number of halogens is 1. The average molecular weight is 605 g/mol. The number of hydrogen-bond donors (Lipinski definition) is 3. The maximum absolute atomic E-state index is 14.7. The van der Waals surface area contributed by atoms with Crippen LogP contribution in [-0.4, -0.2) is 68.2 Å². The number of aromatic nitrogens is 6. The second-order valence-electron chi connectivity index (χ2n) is 11.7. The van der Waals surface area contributed by atoms with Gasteiger partial charge in [0.1, 0.15) is 35.0 Å². The zero-order valence-electron chi connectivity index (χ0n) is 25.1. The van der Waals surface area contributed by atoms with Crippen molar-refractivity contribution in [1.82, 2.24) is 35.0 Å². The number of rotatable bonds is 9. The summed E-state index contributed by atoms with van der Waals surface area (Å²) in [5.41, 5.74) is 7.06. The molecule has 0 bridgehead atoms. The molecule has 0 spiro atoms. The van der Waals surface area contributed by atoms with Gasteiger partial charge in [-0.2, -0.15) is 5.10 Å². The minimum Gasteiger partial charge on any atom is -0.492 e. The topological polar surface area (TPSA) is 125 Å². The van der Waals surface area contributed by atoms with Crippen molar-refractivity contribution in [2.45, 2.75) is 25.7 Å². The van der Waals surface area contributed by atoms with E-state index in [1.165, 1.54) is 12.1 Å². The van der Waals surface area contributed by atoms with Crippen molar-refractivity contribution < 1.29 is 13.9 Å². The highest BCUT2D eigenvalue weighted by molar-refractivity contribution is 5.99. The van der Waals surface area contributed by atoms with E-state index in [0.29, 0.717) is 46.2 Å². The predicted molar refractivity (Wildman–Crippen MR) is 172 cm³/mol. The summed E-state index contributed by atoms with van der Waals surface area (Å²) in [6.45, 7) is 1.17.